The van der Waals surface area contributed by atoms with Crippen LogP contribution in [0.1, 0.15) is 12.8 Å². The summed E-state index contributed by atoms with van der Waals surface area (Å²) >= 11 is 0. The average molecular weight is 279 g/mol. The molecule has 2 rings (SSSR count). The van der Waals surface area contributed by atoms with Gasteiger partial charge in [-0.05, 0) is 12.1 Å². The molecule has 0 N–H and O–H groups in total. The van der Waals surface area contributed by atoms with E-state index in [-0.39, 0.29) is 0 Å². The molecule has 20 heavy (non-hydrogen) atoms. The normalized spacial score (nSPS) is 15.3. The quantitative estimate of drug-likeness (QED) is 0.744. The van der Waals surface area contributed by atoms with E-state index in [1.165, 1.54) is 0 Å². The van der Waals surface area contributed by atoms with Gasteiger partial charge >= 0.3 is 0 Å². The molecular weight excluding hydrogens is 258 g/mol. The molecule has 5 nitrogen and oxygen atoms in total. The van der Waals surface area contributed by atoms with Crippen molar-refractivity contribution in [2.24, 2.45) is 0 Å². The molecule has 1 fully saturated rings. The van der Waals surface area contributed by atoms with Crippen molar-refractivity contribution in [2.75, 3.05) is 45.4 Å². The first-order valence-corrected chi connectivity index (χ1v) is 6.81. The summed E-state index contributed by atoms with van der Waals surface area (Å²) in [6, 6.07) is 5.86. The molecule has 0 radical (unpaired) electrons. The molecule has 1 aliphatic heterocycles. The van der Waals surface area contributed by atoms with Crippen LogP contribution in [0, 0.1) is 0 Å². The van der Waals surface area contributed by atoms with Crippen molar-refractivity contribution in [3.63, 3.8) is 0 Å². The molecule has 110 valence electrons. The molecular formula is C15H21NO4. The highest BCUT2D eigenvalue weighted by Gasteiger charge is 2.17. The number of methoxy groups -OCH3 is 2. The molecule has 0 bridgehead atoms. The number of nitrogens with zero attached hydrogens (tertiary/aromatic N) is 1. The zero-order chi connectivity index (χ0) is 14.4. The standard InChI is InChI=1S/C15H21NO4/c1-18-9-10-20-14-4-3-12(11-15(14)19-2)16-7-5-13(17)6-8-16/h3-4,11H,5-10H2,1-2H3. The van der Waals surface area contributed by atoms with Gasteiger partial charge in [0.25, 0.3) is 0 Å². The number of anilines is 1. The maximum atomic E-state index is 11.3. The molecule has 0 unspecified atom stereocenters. The Balaban J connectivity index is 2.06. The number of rotatable bonds is 6. The number of hydrogen-bond acceptors (Lipinski definition) is 5. The van der Waals surface area contributed by atoms with Gasteiger partial charge in [-0.3, -0.25) is 4.79 Å². The van der Waals surface area contributed by atoms with Crippen molar-refractivity contribution in [2.45, 2.75) is 12.8 Å². The van der Waals surface area contributed by atoms with Crippen LogP contribution in [-0.2, 0) is 9.53 Å². The predicted octanol–water partition coefficient (Wildman–Crippen LogP) is 1.89. The lowest BCUT2D eigenvalue weighted by molar-refractivity contribution is -0.119. The minimum Gasteiger partial charge on any atom is -0.493 e. The first-order chi connectivity index (χ1) is 9.74. The number of Topliss-reactive ketones (excluding diaryl/α,β-unsaturated/α-hetero) is 1. The molecule has 1 aromatic rings. The summed E-state index contributed by atoms with van der Waals surface area (Å²) in [5, 5.41) is 0. The Bertz CT molecular complexity index is 451. The zero-order valence-corrected chi connectivity index (χ0v) is 12.1. The van der Waals surface area contributed by atoms with Crippen LogP contribution in [0.3, 0.4) is 0 Å². The molecule has 5 heteroatoms. The molecule has 0 amide bonds. The van der Waals surface area contributed by atoms with E-state index in [4.69, 9.17) is 14.2 Å². The van der Waals surface area contributed by atoms with Crippen LogP contribution < -0.4 is 14.4 Å². The van der Waals surface area contributed by atoms with Gasteiger partial charge in [-0.1, -0.05) is 0 Å². The average Bonchev–Trinajstić information content (AvgIpc) is 2.48. The number of ether oxygens (including phenoxy) is 3. The molecule has 0 saturated carbocycles. The summed E-state index contributed by atoms with van der Waals surface area (Å²) in [5.74, 6) is 1.75. The van der Waals surface area contributed by atoms with Crippen molar-refractivity contribution in [3.05, 3.63) is 18.2 Å². The van der Waals surface area contributed by atoms with Gasteiger partial charge in [-0.25, -0.2) is 0 Å². The van der Waals surface area contributed by atoms with Crippen LogP contribution in [0.25, 0.3) is 0 Å². The Morgan fingerprint density at radius 3 is 2.50 bits per heavy atom. The van der Waals surface area contributed by atoms with E-state index in [0.717, 1.165) is 18.8 Å². The molecule has 1 heterocycles. The third-order valence-electron chi connectivity index (χ3n) is 3.38. The second-order valence-electron chi connectivity index (χ2n) is 4.70. The highest BCUT2D eigenvalue weighted by molar-refractivity contribution is 5.81. The second-order valence-corrected chi connectivity index (χ2v) is 4.70. The monoisotopic (exact) mass is 279 g/mol. The van der Waals surface area contributed by atoms with Crippen LogP contribution in [0.15, 0.2) is 18.2 Å². The van der Waals surface area contributed by atoms with Gasteiger partial charge in [0.15, 0.2) is 11.5 Å². The Hall–Kier alpha value is -1.75. The van der Waals surface area contributed by atoms with Gasteiger partial charge < -0.3 is 19.1 Å². The maximum Gasteiger partial charge on any atom is 0.162 e. The van der Waals surface area contributed by atoms with Gasteiger partial charge in [-0.2, -0.15) is 0 Å². The fourth-order valence-corrected chi connectivity index (χ4v) is 2.22. The number of carbonyl (C=O) groups excluding carboxylic acids is 1. The van der Waals surface area contributed by atoms with Crippen LogP contribution in [0.2, 0.25) is 0 Å². The minimum atomic E-state index is 0.340. The number of hydrogen-bond donors (Lipinski definition) is 0. The highest BCUT2D eigenvalue weighted by Crippen LogP contribution is 2.32. The van der Waals surface area contributed by atoms with Gasteiger partial charge in [-0.15, -0.1) is 0 Å². The third-order valence-corrected chi connectivity index (χ3v) is 3.38. The summed E-state index contributed by atoms with van der Waals surface area (Å²) in [4.78, 5) is 13.5. The predicted molar refractivity (Wildman–Crippen MR) is 76.8 cm³/mol. The van der Waals surface area contributed by atoms with Crippen LogP contribution in [0.4, 0.5) is 5.69 Å². The number of carbonyl (C=O) groups is 1. The molecule has 1 aliphatic rings. The fourth-order valence-electron chi connectivity index (χ4n) is 2.22. The van der Waals surface area contributed by atoms with E-state index in [0.29, 0.717) is 43.3 Å². The molecule has 0 aliphatic carbocycles. The van der Waals surface area contributed by atoms with Crippen LogP contribution in [0.5, 0.6) is 11.5 Å². The Kier molecular flexibility index (Phi) is 5.24. The van der Waals surface area contributed by atoms with Crippen molar-refractivity contribution < 1.29 is 19.0 Å². The molecule has 1 saturated heterocycles. The second kappa shape index (κ2) is 7.14. The first-order valence-electron chi connectivity index (χ1n) is 6.81. The Morgan fingerprint density at radius 1 is 1.10 bits per heavy atom. The largest absolute Gasteiger partial charge is 0.493 e. The van der Waals surface area contributed by atoms with Crippen LogP contribution in [-0.4, -0.2) is 46.3 Å². The third kappa shape index (κ3) is 3.63. The fraction of sp³-hybridized carbons (Fsp3) is 0.533. The number of benzene rings is 1. The summed E-state index contributed by atoms with van der Waals surface area (Å²) in [6.07, 6.45) is 1.24. The molecule has 0 spiro atoms. The molecule has 0 atom stereocenters. The van der Waals surface area contributed by atoms with Gasteiger partial charge in [0.05, 0.1) is 13.7 Å². The molecule has 0 aromatic heterocycles. The Morgan fingerprint density at radius 2 is 1.85 bits per heavy atom. The number of piperidine rings is 1. The van der Waals surface area contributed by atoms with E-state index in [9.17, 15) is 4.79 Å². The highest BCUT2D eigenvalue weighted by atomic mass is 16.5. The van der Waals surface area contributed by atoms with Gasteiger partial charge in [0.1, 0.15) is 12.4 Å². The SMILES string of the molecule is COCCOc1ccc(N2CCC(=O)CC2)cc1OC. The first kappa shape index (κ1) is 14.7. The molecule has 1 aromatic carbocycles. The maximum absolute atomic E-state index is 11.3. The lowest BCUT2D eigenvalue weighted by atomic mass is 10.1. The van der Waals surface area contributed by atoms with Crippen molar-refractivity contribution >= 4 is 11.5 Å². The van der Waals surface area contributed by atoms with Gasteiger partial charge in [0, 0.05) is 44.8 Å². The Labute approximate surface area is 119 Å². The van der Waals surface area contributed by atoms with Crippen molar-refractivity contribution in [1.82, 2.24) is 0 Å². The van der Waals surface area contributed by atoms with E-state index in [2.05, 4.69) is 4.90 Å². The summed E-state index contributed by atoms with van der Waals surface area (Å²) in [6.45, 7) is 2.57. The van der Waals surface area contributed by atoms with Crippen LogP contribution >= 0.6 is 0 Å². The zero-order valence-electron chi connectivity index (χ0n) is 12.1. The minimum absolute atomic E-state index is 0.340. The lowest BCUT2D eigenvalue weighted by Gasteiger charge is -2.28. The summed E-state index contributed by atoms with van der Waals surface area (Å²) < 4.78 is 15.9. The summed E-state index contributed by atoms with van der Waals surface area (Å²) in [5.41, 5.74) is 1.06. The topological polar surface area (TPSA) is 48.0 Å². The van der Waals surface area contributed by atoms with Gasteiger partial charge in [0.2, 0.25) is 0 Å². The van der Waals surface area contributed by atoms with Crippen molar-refractivity contribution in [1.29, 1.82) is 0 Å². The smallest absolute Gasteiger partial charge is 0.162 e. The summed E-state index contributed by atoms with van der Waals surface area (Å²) in [7, 11) is 3.27. The van der Waals surface area contributed by atoms with E-state index in [1.54, 1.807) is 14.2 Å². The number of ketones is 1. The van der Waals surface area contributed by atoms with E-state index in [1.807, 2.05) is 18.2 Å². The van der Waals surface area contributed by atoms with E-state index < -0.39 is 0 Å². The lowest BCUT2D eigenvalue weighted by Crippen LogP contribution is -2.33. The van der Waals surface area contributed by atoms with Crippen molar-refractivity contribution in [3.8, 4) is 11.5 Å². The van der Waals surface area contributed by atoms with E-state index >= 15 is 0 Å².